The van der Waals surface area contributed by atoms with E-state index in [1.165, 1.54) is 16.9 Å². The molecule has 0 spiro atoms. The van der Waals surface area contributed by atoms with Crippen LogP contribution in [0.2, 0.25) is 0 Å². The summed E-state index contributed by atoms with van der Waals surface area (Å²) in [6, 6.07) is 0. The maximum absolute atomic E-state index is 12.7. The van der Waals surface area contributed by atoms with Gasteiger partial charge in [0, 0.05) is 18.0 Å². The van der Waals surface area contributed by atoms with E-state index in [1.807, 2.05) is 4.90 Å². The van der Waals surface area contributed by atoms with Gasteiger partial charge in [-0.2, -0.15) is 0 Å². The zero-order chi connectivity index (χ0) is 13.6. The second kappa shape index (κ2) is 4.51. The number of nitrogen functional groups attached to an aromatic ring is 1. The smallest absolute Gasteiger partial charge is 0.257 e. The van der Waals surface area contributed by atoms with Gasteiger partial charge in [-0.05, 0) is 43.1 Å². The quantitative estimate of drug-likeness (QED) is 0.857. The number of rotatable bonds is 1. The highest BCUT2D eigenvalue weighted by molar-refractivity contribution is 7.16. The number of nitrogens with zero attached hydrogens (tertiary/aromatic N) is 1. The molecule has 1 aromatic heterocycles. The maximum atomic E-state index is 12.7. The van der Waals surface area contributed by atoms with Crippen molar-refractivity contribution in [1.29, 1.82) is 0 Å². The molecular formula is C15H22N2OS. The average Bonchev–Trinajstić information content (AvgIpc) is 2.95. The third-order valence-corrected chi connectivity index (χ3v) is 5.58. The van der Waals surface area contributed by atoms with Crippen LogP contribution < -0.4 is 5.73 Å². The van der Waals surface area contributed by atoms with E-state index >= 15 is 0 Å². The van der Waals surface area contributed by atoms with Crippen molar-refractivity contribution in [1.82, 2.24) is 4.90 Å². The summed E-state index contributed by atoms with van der Waals surface area (Å²) in [4.78, 5) is 16.1. The molecule has 104 valence electrons. The number of hydrogen-bond acceptors (Lipinski definition) is 3. The van der Waals surface area contributed by atoms with Crippen molar-refractivity contribution in [2.45, 2.75) is 51.4 Å². The van der Waals surface area contributed by atoms with Crippen molar-refractivity contribution in [2.75, 3.05) is 18.8 Å². The van der Waals surface area contributed by atoms with Gasteiger partial charge >= 0.3 is 0 Å². The molecule has 0 atom stereocenters. The lowest BCUT2D eigenvalue weighted by atomic mass is 9.74. The normalized spacial score (nSPS) is 21.5. The van der Waals surface area contributed by atoms with E-state index in [4.69, 9.17) is 5.73 Å². The molecule has 3 nitrogen and oxygen atoms in total. The van der Waals surface area contributed by atoms with E-state index in [1.54, 1.807) is 11.3 Å². The largest absolute Gasteiger partial charge is 0.390 e. The molecule has 2 aliphatic rings. The van der Waals surface area contributed by atoms with Gasteiger partial charge in [0.1, 0.15) is 0 Å². The van der Waals surface area contributed by atoms with E-state index in [2.05, 4.69) is 13.8 Å². The number of likely N-dealkylation sites (tertiary alicyclic amines) is 1. The van der Waals surface area contributed by atoms with Gasteiger partial charge in [0.2, 0.25) is 0 Å². The molecule has 1 fully saturated rings. The molecule has 1 aliphatic carbocycles. The summed E-state index contributed by atoms with van der Waals surface area (Å²) in [6.07, 6.45) is 5.69. The van der Waals surface area contributed by atoms with E-state index in [-0.39, 0.29) is 11.3 Å². The summed E-state index contributed by atoms with van der Waals surface area (Å²) in [5.41, 5.74) is 8.35. The summed E-state index contributed by atoms with van der Waals surface area (Å²) >= 11 is 1.64. The van der Waals surface area contributed by atoms with Crippen LogP contribution in [0, 0.1) is 0 Å². The monoisotopic (exact) mass is 278 g/mol. The number of anilines is 1. The first-order valence-corrected chi connectivity index (χ1v) is 8.03. The van der Waals surface area contributed by atoms with Gasteiger partial charge in [0.05, 0.1) is 10.6 Å². The Bertz CT molecular complexity index is 512. The van der Waals surface area contributed by atoms with Crippen LogP contribution in [0.4, 0.5) is 5.00 Å². The molecule has 19 heavy (non-hydrogen) atoms. The van der Waals surface area contributed by atoms with Gasteiger partial charge in [0.25, 0.3) is 5.91 Å². The Morgan fingerprint density at radius 3 is 2.63 bits per heavy atom. The summed E-state index contributed by atoms with van der Waals surface area (Å²) in [7, 11) is 0. The number of fused-ring (bicyclic) bond motifs is 1. The minimum absolute atomic E-state index is 0.0897. The molecule has 0 aromatic carbocycles. The summed E-state index contributed by atoms with van der Waals surface area (Å²) in [6.45, 7) is 6.28. The lowest BCUT2D eigenvalue weighted by Gasteiger charge is -2.31. The van der Waals surface area contributed by atoms with Crippen LogP contribution in [0.1, 0.15) is 60.3 Å². The van der Waals surface area contributed by atoms with Crippen molar-refractivity contribution in [3.63, 3.8) is 0 Å². The number of thiophene rings is 1. The van der Waals surface area contributed by atoms with Crippen molar-refractivity contribution >= 4 is 22.2 Å². The first kappa shape index (κ1) is 13.0. The van der Waals surface area contributed by atoms with Crippen LogP contribution in [0.15, 0.2) is 0 Å². The molecule has 0 saturated carbocycles. The fourth-order valence-electron chi connectivity index (χ4n) is 3.50. The Morgan fingerprint density at radius 2 is 1.95 bits per heavy atom. The lowest BCUT2D eigenvalue weighted by Crippen LogP contribution is -2.32. The third-order valence-electron chi connectivity index (χ3n) is 4.50. The number of amides is 1. The number of carbonyl (C=O) groups is 1. The third kappa shape index (κ3) is 2.06. The second-order valence-electron chi connectivity index (χ2n) is 6.38. The standard InChI is InChI=1S/C15H22N2OS/c1-15(2)7-5-6-10-12(15)11(13(16)19-10)14(18)17-8-3-4-9-17/h3-9,16H2,1-2H3. The Morgan fingerprint density at radius 1 is 1.26 bits per heavy atom. The van der Waals surface area contributed by atoms with Gasteiger partial charge in [-0.15, -0.1) is 11.3 Å². The fraction of sp³-hybridized carbons (Fsp3) is 0.667. The first-order valence-electron chi connectivity index (χ1n) is 7.21. The molecule has 0 unspecified atom stereocenters. The number of nitrogens with two attached hydrogens (primary N) is 1. The summed E-state index contributed by atoms with van der Waals surface area (Å²) in [5, 5.41) is 0.733. The topological polar surface area (TPSA) is 46.3 Å². The Hall–Kier alpha value is -1.03. The average molecular weight is 278 g/mol. The van der Waals surface area contributed by atoms with E-state index < -0.39 is 0 Å². The summed E-state index contributed by atoms with van der Waals surface area (Å²) < 4.78 is 0. The predicted octanol–water partition coefficient (Wildman–Crippen LogP) is 3.18. The Balaban J connectivity index is 2.06. The van der Waals surface area contributed by atoms with Crippen molar-refractivity contribution in [2.24, 2.45) is 0 Å². The molecule has 2 N–H and O–H groups in total. The first-order chi connectivity index (χ1) is 9.00. The van der Waals surface area contributed by atoms with Gasteiger partial charge in [-0.3, -0.25) is 4.79 Å². The van der Waals surface area contributed by atoms with Gasteiger partial charge in [0.15, 0.2) is 0 Å². The molecule has 1 saturated heterocycles. The van der Waals surface area contributed by atoms with Gasteiger partial charge in [-0.25, -0.2) is 0 Å². The van der Waals surface area contributed by atoms with Crippen LogP contribution >= 0.6 is 11.3 Å². The predicted molar refractivity (Wildman–Crippen MR) is 79.8 cm³/mol. The minimum Gasteiger partial charge on any atom is -0.390 e. The minimum atomic E-state index is 0.0897. The molecule has 2 heterocycles. The van der Waals surface area contributed by atoms with E-state index in [9.17, 15) is 4.79 Å². The van der Waals surface area contributed by atoms with Crippen molar-refractivity contribution < 1.29 is 4.79 Å². The highest BCUT2D eigenvalue weighted by Crippen LogP contribution is 2.46. The highest BCUT2D eigenvalue weighted by Gasteiger charge is 2.37. The van der Waals surface area contributed by atoms with Crippen LogP contribution in [0.3, 0.4) is 0 Å². The van der Waals surface area contributed by atoms with Crippen LogP contribution in [-0.2, 0) is 11.8 Å². The molecule has 4 heteroatoms. The van der Waals surface area contributed by atoms with Crippen LogP contribution in [0.25, 0.3) is 0 Å². The molecule has 1 aromatic rings. The van der Waals surface area contributed by atoms with E-state index in [0.29, 0.717) is 0 Å². The van der Waals surface area contributed by atoms with Gasteiger partial charge < -0.3 is 10.6 Å². The number of aryl methyl sites for hydroxylation is 1. The van der Waals surface area contributed by atoms with Crippen LogP contribution in [-0.4, -0.2) is 23.9 Å². The van der Waals surface area contributed by atoms with E-state index in [0.717, 1.165) is 49.3 Å². The summed E-state index contributed by atoms with van der Waals surface area (Å²) in [5.74, 6) is 0.169. The highest BCUT2D eigenvalue weighted by atomic mass is 32.1. The molecule has 0 bridgehead atoms. The molecule has 1 aliphatic heterocycles. The zero-order valence-electron chi connectivity index (χ0n) is 11.8. The molecule has 1 amide bonds. The number of carbonyl (C=O) groups excluding carboxylic acids is 1. The number of hydrogen-bond donors (Lipinski definition) is 1. The molecule has 0 radical (unpaired) electrons. The Labute approximate surface area is 118 Å². The molecular weight excluding hydrogens is 256 g/mol. The fourth-order valence-corrected chi connectivity index (χ4v) is 4.78. The van der Waals surface area contributed by atoms with Crippen molar-refractivity contribution in [3.8, 4) is 0 Å². The van der Waals surface area contributed by atoms with Gasteiger partial charge in [-0.1, -0.05) is 13.8 Å². The lowest BCUT2D eigenvalue weighted by molar-refractivity contribution is 0.0791. The Kier molecular flexibility index (Phi) is 3.08. The van der Waals surface area contributed by atoms with Crippen molar-refractivity contribution in [3.05, 3.63) is 16.0 Å². The SMILES string of the molecule is CC1(C)CCCc2sc(N)c(C(=O)N3CCCC3)c21. The zero-order valence-corrected chi connectivity index (χ0v) is 12.6. The second-order valence-corrected chi connectivity index (χ2v) is 7.51. The van der Waals surface area contributed by atoms with Crippen LogP contribution in [0.5, 0.6) is 0 Å². The molecule has 3 rings (SSSR count). The maximum Gasteiger partial charge on any atom is 0.257 e.